The SMILES string of the molecule is Cl.O=C([C@H]1CCNC1)N1CCC2(CCC2)C1. The van der Waals surface area contributed by atoms with Gasteiger partial charge in [0.05, 0.1) is 5.92 Å². The van der Waals surface area contributed by atoms with E-state index in [1.807, 2.05) is 0 Å². The van der Waals surface area contributed by atoms with Crippen LogP contribution in [-0.4, -0.2) is 37.0 Å². The highest BCUT2D eigenvalue weighted by Crippen LogP contribution is 2.48. The van der Waals surface area contributed by atoms with Crippen LogP contribution in [-0.2, 0) is 4.79 Å². The number of likely N-dealkylation sites (tertiary alicyclic amines) is 1. The Morgan fingerprint density at radius 2 is 2.12 bits per heavy atom. The Kier molecular flexibility index (Phi) is 3.45. The van der Waals surface area contributed by atoms with Gasteiger partial charge in [0.25, 0.3) is 0 Å². The molecule has 3 fully saturated rings. The first-order valence-electron chi connectivity index (χ1n) is 6.29. The van der Waals surface area contributed by atoms with Gasteiger partial charge in [0.15, 0.2) is 0 Å². The molecule has 1 aliphatic carbocycles. The molecule has 0 unspecified atom stereocenters. The van der Waals surface area contributed by atoms with E-state index in [0.717, 1.165) is 32.6 Å². The van der Waals surface area contributed by atoms with Crippen LogP contribution in [0.5, 0.6) is 0 Å². The molecule has 1 atom stereocenters. The fourth-order valence-corrected chi connectivity index (χ4v) is 3.33. The van der Waals surface area contributed by atoms with Crippen LogP contribution >= 0.6 is 12.4 Å². The number of rotatable bonds is 1. The molecule has 0 aromatic heterocycles. The molecular formula is C12H21ClN2O. The zero-order valence-corrected chi connectivity index (χ0v) is 10.5. The summed E-state index contributed by atoms with van der Waals surface area (Å²) in [7, 11) is 0. The standard InChI is InChI=1S/C12H20N2O.ClH/c15-11(10-2-6-13-8-10)14-7-5-12(9-14)3-1-4-12;/h10,13H,1-9H2;1H/t10-;/m0./s1. The average Bonchev–Trinajstić information content (AvgIpc) is 2.85. The number of nitrogens with one attached hydrogen (secondary N) is 1. The van der Waals surface area contributed by atoms with Gasteiger partial charge in [0.1, 0.15) is 0 Å². The molecule has 4 heteroatoms. The van der Waals surface area contributed by atoms with Crippen molar-refractivity contribution in [2.24, 2.45) is 11.3 Å². The number of nitrogens with zero attached hydrogens (tertiary/aromatic N) is 1. The van der Waals surface area contributed by atoms with Gasteiger partial charge in [-0.3, -0.25) is 4.79 Å². The van der Waals surface area contributed by atoms with Crippen molar-refractivity contribution < 1.29 is 4.79 Å². The van der Waals surface area contributed by atoms with Crippen LogP contribution in [0.25, 0.3) is 0 Å². The Hall–Kier alpha value is -0.280. The average molecular weight is 245 g/mol. The van der Waals surface area contributed by atoms with E-state index in [1.165, 1.54) is 25.7 Å². The summed E-state index contributed by atoms with van der Waals surface area (Å²) in [6.45, 7) is 4.01. The lowest BCUT2D eigenvalue weighted by atomic mass is 9.68. The van der Waals surface area contributed by atoms with E-state index in [9.17, 15) is 4.79 Å². The van der Waals surface area contributed by atoms with Crippen molar-refractivity contribution in [3.8, 4) is 0 Å². The molecule has 1 spiro atoms. The second-order valence-corrected chi connectivity index (χ2v) is 5.55. The highest BCUT2D eigenvalue weighted by atomic mass is 35.5. The molecule has 0 aromatic carbocycles. The van der Waals surface area contributed by atoms with Crippen molar-refractivity contribution >= 4 is 18.3 Å². The Morgan fingerprint density at radius 1 is 1.31 bits per heavy atom. The van der Waals surface area contributed by atoms with Gasteiger partial charge >= 0.3 is 0 Å². The van der Waals surface area contributed by atoms with Gasteiger partial charge in [0, 0.05) is 19.6 Å². The molecule has 0 bridgehead atoms. The minimum Gasteiger partial charge on any atom is -0.342 e. The molecule has 16 heavy (non-hydrogen) atoms. The molecule has 0 radical (unpaired) electrons. The van der Waals surface area contributed by atoms with Crippen molar-refractivity contribution in [1.29, 1.82) is 0 Å². The quantitative estimate of drug-likeness (QED) is 0.757. The maximum atomic E-state index is 12.2. The van der Waals surface area contributed by atoms with Crippen LogP contribution in [0.1, 0.15) is 32.1 Å². The van der Waals surface area contributed by atoms with Gasteiger partial charge in [-0.15, -0.1) is 12.4 Å². The van der Waals surface area contributed by atoms with Crippen molar-refractivity contribution in [3.05, 3.63) is 0 Å². The molecular weight excluding hydrogens is 224 g/mol. The number of hydrogen-bond acceptors (Lipinski definition) is 2. The Labute approximate surface area is 103 Å². The van der Waals surface area contributed by atoms with E-state index in [1.54, 1.807) is 0 Å². The second kappa shape index (κ2) is 4.53. The molecule has 1 amide bonds. The van der Waals surface area contributed by atoms with Gasteiger partial charge in [-0.25, -0.2) is 0 Å². The molecule has 2 saturated heterocycles. The molecule has 1 saturated carbocycles. The zero-order valence-electron chi connectivity index (χ0n) is 9.71. The fraction of sp³-hybridized carbons (Fsp3) is 0.917. The van der Waals surface area contributed by atoms with E-state index in [-0.39, 0.29) is 18.3 Å². The number of carbonyl (C=O) groups is 1. The number of halogens is 1. The predicted octanol–water partition coefficient (Wildman–Crippen LogP) is 1.42. The van der Waals surface area contributed by atoms with Crippen LogP contribution in [0.15, 0.2) is 0 Å². The topological polar surface area (TPSA) is 32.3 Å². The first kappa shape index (κ1) is 12.2. The third-order valence-corrected chi connectivity index (χ3v) is 4.57. The maximum absolute atomic E-state index is 12.2. The molecule has 1 N–H and O–H groups in total. The minimum absolute atomic E-state index is 0. The molecule has 92 valence electrons. The number of carbonyl (C=O) groups excluding carboxylic acids is 1. The molecule has 3 nitrogen and oxygen atoms in total. The second-order valence-electron chi connectivity index (χ2n) is 5.55. The Bertz CT molecular complexity index is 272. The van der Waals surface area contributed by atoms with Gasteiger partial charge in [-0.2, -0.15) is 0 Å². The largest absolute Gasteiger partial charge is 0.342 e. The van der Waals surface area contributed by atoms with E-state index >= 15 is 0 Å². The van der Waals surface area contributed by atoms with E-state index in [4.69, 9.17) is 0 Å². The van der Waals surface area contributed by atoms with E-state index in [0.29, 0.717) is 11.3 Å². The summed E-state index contributed by atoms with van der Waals surface area (Å²) in [5.74, 6) is 0.698. The summed E-state index contributed by atoms with van der Waals surface area (Å²) < 4.78 is 0. The lowest BCUT2D eigenvalue weighted by molar-refractivity contribution is -0.134. The molecule has 3 rings (SSSR count). The van der Waals surface area contributed by atoms with Gasteiger partial charge in [-0.1, -0.05) is 6.42 Å². The first-order chi connectivity index (χ1) is 7.29. The lowest BCUT2D eigenvalue weighted by Gasteiger charge is -2.38. The van der Waals surface area contributed by atoms with Crippen LogP contribution in [0.2, 0.25) is 0 Å². The monoisotopic (exact) mass is 244 g/mol. The van der Waals surface area contributed by atoms with Crippen LogP contribution < -0.4 is 5.32 Å². The number of amides is 1. The molecule has 2 heterocycles. The van der Waals surface area contributed by atoms with Gasteiger partial charge < -0.3 is 10.2 Å². The molecule has 0 aromatic rings. The summed E-state index contributed by atoms with van der Waals surface area (Å²) >= 11 is 0. The maximum Gasteiger partial charge on any atom is 0.227 e. The summed E-state index contributed by atoms with van der Waals surface area (Å²) in [5.41, 5.74) is 0.557. The highest BCUT2D eigenvalue weighted by molar-refractivity contribution is 5.85. The third-order valence-electron chi connectivity index (χ3n) is 4.57. The van der Waals surface area contributed by atoms with Crippen molar-refractivity contribution in [2.75, 3.05) is 26.2 Å². The van der Waals surface area contributed by atoms with E-state index in [2.05, 4.69) is 10.2 Å². The summed E-state index contributed by atoms with van der Waals surface area (Å²) in [6.07, 6.45) is 6.41. The summed E-state index contributed by atoms with van der Waals surface area (Å²) in [6, 6.07) is 0. The molecule has 3 aliphatic rings. The predicted molar refractivity (Wildman–Crippen MR) is 65.7 cm³/mol. The molecule has 2 aliphatic heterocycles. The summed E-state index contributed by atoms with van der Waals surface area (Å²) in [4.78, 5) is 14.3. The first-order valence-corrected chi connectivity index (χ1v) is 6.29. The van der Waals surface area contributed by atoms with Gasteiger partial charge in [-0.05, 0) is 37.6 Å². The lowest BCUT2D eigenvalue weighted by Crippen LogP contribution is -2.39. The highest BCUT2D eigenvalue weighted by Gasteiger charge is 2.45. The minimum atomic E-state index is 0. The van der Waals surface area contributed by atoms with Crippen LogP contribution in [0, 0.1) is 11.3 Å². The smallest absolute Gasteiger partial charge is 0.227 e. The van der Waals surface area contributed by atoms with Crippen LogP contribution in [0.4, 0.5) is 0 Å². The fourth-order valence-electron chi connectivity index (χ4n) is 3.33. The summed E-state index contributed by atoms with van der Waals surface area (Å²) in [5, 5.41) is 3.28. The Balaban J connectivity index is 0.000000963. The van der Waals surface area contributed by atoms with Crippen molar-refractivity contribution in [2.45, 2.75) is 32.1 Å². The Morgan fingerprint density at radius 3 is 2.62 bits per heavy atom. The number of hydrogen-bond donors (Lipinski definition) is 1. The van der Waals surface area contributed by atoms with Crippen LogP contribution in [0.3, 0.4) is 0 Å². The third kappa shape index (κ3) is 1.95. The van der Waals surface area contributed by atoms with Crippen molar-refractivity contribution in [3.63, 3.8) is 0 Å². The zero-order chi connectivity index (χ0) is 10.3. The van der Waals surface area contributed by atoms with Crippen molar-refractivity contribution in [1.82, 2.24) is 10.2 Å². The van der Waals surface area contributed by atoms with Gasteiger partial charge in [0.2, 0.25) is 5.91 Å². The van der Waals surface area contributed by atoms with E-state index < -0.39 is 0 Å². The normalized spacial score (nSPS) is 31.2.